The van der Waals surface area contributed by atoms with Crippen molar-refractivity contribution in [2.24, 2.45) is 0 Å². The summed E-state index contributed by atoms with van der Waals surface area (Å²) in [4.78, 5) is 13.7. The van der Waals surface area contributed by atoms with Crippen molar-refractivity contribution in [3.63, 3.8) is 0 Å². The van der Waals surface area contributed by atoms with Crippen molar-refractivity contribution < 1.29 is 0 Å². The number of anilines is 1. The molecule has 0 aliphatic carbocycles. The summed E-state index contributed by atoms with van der Waals surface area (Å²) < 4.78 is 2.03. The number of aryl methyl sites for hydroxylation is 1. The number of nitrogens with zero attached hydrogens (tertiary/aromatic N) is 5. The molecule has 4 rings (SSSR count). The van der Waals surface area contributed by atoms with E-state index in [4.69, 9.17) is 0 Å². The topological polar surface area (TPSA) is 68.5 Å². The average molecular weight is 308 g/mol. The van der Waals surface area contributed by atoms with Crippen LogP contribution in [0.1, 0.15) is 37.8 Å². The van der Waals surface area contributed by atoms with E-state index in [1.165, 1.54) is 0 Å². The lowest BCUT2D eigenvalue weighted by molar-refractivity contribution is 0.439. The molecular weight excluding hydrogens is 288 g/mol. The van der Waals surface area contributed by atoms with Gasteiger partial charge in [-0.3, -0.25) is 4.98 Å². The first-order chi connectivity index (χ1) is 11.2. The summed E-state index contributed by atoms with van der Waals surface area (Å²) in [6.45, 7) is 5.08. The minimum absolute atomic E-state index is 0.305. The molecule has 2 aromatic heterocycles. The first kappa shape index (κ1) is 14.1. The molecule has 1 aliphatic rings. The highest BCUT2D eigenvalue weighted by atomic mass is 15.4. The third-order valence-corrected chi connectivity index (χ3v) is 4.19. The second-order valence-corrected chi connectivity index (χ2v) is 6.35. The summed E-state index contributed by atoms with van der Waals surface area (Å²) in [5.74, 6) is 3.22. The Kier molecular flexibility index (Phi) is 3.44. The third-order valence-electron chi connectivity index (χ3n) is 4.19. The van der Waals surface area contributed by atoms with Crippen LogP contribution < -0.4 is 5.32 Å². The summed E-state index contributed by atoms with van der Waals surface area (Å²) in [6.07, 6.45) is 3.78. The van der Waals surface area contributed by atoms with Crippen molar-refractivity contribution in [2.45, 2.75) is 45.2 Å². The highest BCUT2D eigenvalue weighted by Gasteiger charge is 2.22. The van der Waals surface area contributed by atoms with Gasteiger partial charge in [-0.05, 0) is 18.6 Å². The Morgan fingerprint density at radius 3 is 2.83 bits per heavy atom. The van der Waals surface area contributed by atoms with Gasteiger partial charge in [0, 0.05) is 18.4 Å². The molecule has 23 heavy (non-hydrogen) atoms. The van der Waals surface area contributed by atoms with Gasteiger partial charge in [0.15, 0.2) is 5.82 Å². The molecular formula is C17H20N6. The van der Waals surface area contributed by atoms with Gasteiger partial charge in [0.1, 0.15) is 11.6 Å². The Morgan fingerprint density at radius 1 is 1.17 bits per heavy atom. The van der Waals surface area contributed by atoms with Crippen LogP contribution in [0.4, 0.5) is 5.82 Å². The Hall–Kier alpha value is -2.50. The van der Waals surface area contributed by atoms with Gasteiger partial charge < -0.3 is 5.32 Å². The second-order valence-electron chi connectivity index (χ2n) is 6.35. The molecule has 0 radical (unpaired) electrons. The van der Waals surface area contributed by atoms with Gasteiger partial charge in [0.25, 0.3) is 0 Å². The lowest BCUT2D eigenvalue weighted by atomic mass is 10.1. The molecule has 0 saturated carbocycles. The SMILES string of the molecule is CC(C)c1nc2n(n1)CC(Nc1cnc3ccccc3n1)CC2. The van der Waals surface area contributed by atoms with Crippen molar-refractivity contribution in [3.05, 3.63) is 42.1 Å². The molecule has 0 saturated heterocycles. The summed E-state index contributed by atoms with van der Waals surface area (Å²) in [7, 11) is 0. The van der Waals surface area contributed by atoms with E-state index in [1.807, 2.05) is 28.9 Å². The van der Waals surface area contributed by atoms with Gasteiger partial charge in [-0.1, -0.05) is 26.0 Å². The molecule has 3 aromatic rings. The molecule has 118 valence electrons. The Morgan fingerprint density at radius 2 is 2.00 bits per heavy atom. The van der Waals surface area contributed by atoms with Crippen molar-refractivity contribution in [3.8, 4) is 0 Å². The molecule has 1 aliphatic heterocycles. The molecule has 0 bridgehead atoms. The summed E-state index contributed by atoms with van der Waals surface area (Å²) in [5, 5.41) is 8.11. The monoisotopic (exact) mass is 308 g/mol. The molecule has 6 heteroatoms. The van der Waals surface area contributed by atoms with Crippen LogP contribution in [0.3, 0.4) is 0 Å². The van der Waals surface area contributed by atoms with Gasteiger partial charge in [-0.2, -0.15) is 5.10 Å². The average Bonchev–Trinajstić information content (AvgIpc) is 2.98. The van der Waals surface area contributed by atoms with Crippen molar-refractivity contribution >= 4 is 16.9 Å². The zero-order valence-corrected chi connectivity index (χ0v) is 13.4. The number of benzene rings is 1. The fraction of sp³-hybridized carbons (Fsp3) is 0.412. The van der Waals surface area contributed by atoms with E-state index in [1.54, 1.807) is 6.20 Å². The predicted molar refractivity (Wildman–Crippen MR) is 89.4 cm³/mol. The summed E-state index contributed by atoms with van der Waals surface area (Å²) >= 11 is 0. The third kappa shape index (κ3) is 2.76. The standard InChI is InChI=1S/C17H20N6/c1-11(2)17-21-16-8-7-12(10-23(16)22-17)19-15-9-18-13-5-3-4-6-14(13)20-15/h3-6,9,11-12H,7-8,10H2,1-2H3,(H,19,20). The van der Waals surface area contributed by atoms with Gasteiger partial charge in [-0.15, -0.1) is 0 Å². The highest BCUT2D eigenvalue weighted by Crippen LogP contribution is 2.20. The first-order valence-electron chi connectivity index (χ1n) is 8.11. The second kappa shape index (κ2) is 5.61. The molecule has 0 spiro atoms. The number of rotatable bonds is 3. The van der Waals surface area contributed by atoms with E-state index >= 15 is 0 Å². The van der Waals surface area contributed by atoms with E-state index in [9.17, 15) is 0 Å². The first-order valence-corrected chi connectivity index (χ1v) is 8.11. The zero-order chi connectivity index (χ0) is 15.8. The summed E-state index contributed by atoms with van der Waals surface area (Å²) in [6, 6.07) is 8.22. The van der Waals surface area contributed by atoms with Crippen molar-refractivity contribution in [1.82, 2.24) is 24.7 Å². The van der Waals surface area contributed by atoms with Crippen LogP contribution in [0.15, 0.2) is 30.5 Å². The van der Waals surface area contributed by atoms with Crippen LogP contribution in [0.5, 0.6) is 0 Å². The normalized spacial score (nSPS) is 17.4. The van der Waals surface area contributed by atoms with Crippen LogP contribution in [0.2, 0.25) is 0 Å². The van der Waals surface area contributed by atoms with Crippen LogP contribution in [-0.4, -0.2) is 30.8 Å². The van der Waals surface area contributed by atoms with Crippen molar-refractivity contribution in [2.75, 3.05) is 5.32 Å². The Balaban J connectivity index is 1.52. The number of fused-ring (bicyclic) bond motifs is 2. The number of aromatic nitrogens is 5. The van der Waals surface area contributed by atoms with Crippen LogP contribution >= 0.6 is 0 Å². The largest absolute Gasteiger partial charge is 0.364 e. The lowest BCUT2D eigenvalue weighted by Gasteiger charge is -2.23. The maximum Gasteiger partial charge on any atom is 0.153 e. The van der Waals surface area contributed by atoms with Crippen LogP contribution in [0, 0.1) is 0 Å². The Bertz CT molecular complexity index is 838. The highest BCUT2D eigenvalue weighted by molar-refractivity contribution is 5.75. The molecule has 1 aromatic carbocycles. The van der Waals surface area contributed by atoms with Gasteiger partial charge in [0.2, 0.25) is 0 Å². The molecule has 1 unspecified atom stereocenters. The number of nitrogens with one attached hydrogen (secondary N) is 1. The maximum absolute atomic E-state index is 4.64. The van der Waals surface area contributed by atoms with Gasteiger partial charge in [0.05, 0.1) is 23.8 Å². The minimum atomic E-state index is 0.305. The maximum atomic E-state index is 4.64. The summed E-state index contributed by atoms with van der Waals surface area (Å²) in [5.41, 5.74) is 1.83. The molecule has 0 amide bonds. The number of para-hydroxylation sites is 2. The van der Waals surface area contributed by atoms with Gasteiger partial charge >= 0.3 is 0 Å². The molecule has 3 heterocycles. The van der Waals surface area contributed by atoms with E-state index in [0.29, 0.717) is 12.0 Å². The predicted octanol–water partition coefficient (Wildman–Crippen LogP) is 2.77. The van der Waals surface area contributed by atoms with Crippen LogP contribution in [-0.2, 0) is 13.0 Å². The minimum Gasteiger partial charge on any atom is -0.364 e. The number of hydrogen-bond acceptors (Lipinski definition) is 5. The van der Waals surface area contributed by atoms with E-state index < -0.39 is 0 Å². The van der Waals surface area contributed by atoms with E-state index in [0.717, 1.165) is 47.9 Å². The molecule has 1 N–H and O–H groups in total. The van der Waals surface area contributed by atoms with Crippen molar-refractivity contribution in [1.29, 1.82) is 0 Å². The number of hydrogen-bond donors (Lipinski definition) is 1. The smallest absolute Gasteiger partial charge is 0.153 e. The quantitative estimate of drug-likeness (QED) is 0.806. The zero-order valence-electron chi connectivity index (χ0n) is 13.4. The van der Waals surface area contributed by atoms with Gasteiger partial charge in [-0.25, -0.2) is 14.6 Å². The van der Waals surface area contributed by atoms with E-state index in [-0.39, 0.29) is 0 Å². The Labute approximate surface area is 135 Å². The van der Waals surface area contributed by atoms with Crippen LogP contribution in [0.25, 0.3) is 11.0 Å². The molecule has 1 atom stereocenters. The fourth-order valence-corrected chi connectivity index (χ4v) is 2.93. The molecule has 6 nitrogen and oxygen atoms in total. The lowest BCUT2D eigenvalue weighted by Crippen LogP contribution is -2.32. The molecule has 0 fully saturated rings. The van der Waals surface area contributed by atoms with E-state index in [2.05, 4.69) is 39.2 Å². The fourth-order valence-electron chi connectivity index (χ4n) is 2.93.